The molecule has 2 aliphatic heterocycles. The molecule has 3 aromatic heterocycles. The number of ether oxygens (including phenoxy) is 1. The first-order valence-corrected chi connectivity index (χ1v) is 16.8. The first-order chi connectivity index (χ1) is 25.1. The average Bonchev–Trinajstić information content (AvgIpc) is 4.01. The third-order valence-corrected chi connectivity index (χ3v) is 9.41. The Labute approximate surface area is 294 Å². The molecule has 6 heteroatoms. The Morgan fingerprint density at radius 1 is 0.431 bits per heavy atom. The van der Waals surface area contributed by atoms with Crippen LogP contribution >= 0.6 is 0 Å². The number of nitrogens with one attached hydrogen (secondary N) is 2. The van der Waals surface area contributed by atoms with E-state index in [2.05, 4.69) is 107 Å². The molecule has 0 radical (unpaired) electrons. The molecule has 2 aliphatic rings. The normalized spacial score (nSPS) is 11.9. The fourth-order valence-corrected chi connectivity index (χ4v) is 7.07. The zero-order chi connectivity index (χ0) is 34.3. The summed E-state index contributed by atoms with van der Waals surface area (Å²) in [6.45, 7) is 0. The highest BCUT2D eigenvalue weighted by Crippen LogP contribution is 2.39. The maximum Gasteiger partial charge on any atom is 0.161 e. The molecule has 9 rings (SSSR count). The first-order valence-electron chi connectivity index (χ1n) is 16.8. The molecule has 244 valence electrons. The number of hydrogen-bond acceptors (Lipinski definition) is 4. The van der Waals surface area contributed by atoms with Crippen molar-refractivity contribution in [3.8, 4) is 56.0 Å². The lowest BCUT2D eigenvalue weighted by atomic mass is 10.0. The van der Waals surface area contributed by atoms with Crippen LogP contribution < -0.4 is 4.74 Å². The van der Waals surface area contributed by atoms with Gasteiger partial charge in [0.1, 0.15) is 0 Å². The zero-order valence-electron chi connectivity index (χ0n) is 27.8. The summed E-state index contributed by atoms with van der Waals surface area (Å²) in [5, 5.41) is 10.5. The van der Waals surface area contributed by atoms with Gasteiger partial charge in [-0.2, -0.15) is 0 Å². The van der Waals surface area contributed by atoms with E-state index in [1.54, 1.807) is 13.2 Å². The predicted octanol–water partition coefficient (Wildman–Crippen LogP) is 11.0. The van der Waals surface area contributed by atoms with E-state index in [1.807, 2.05) is 54.6 Å². The lowest BCUT2D eigenvalue weighted by Crippen LogP contribution is -1.90. The fourth-order valence-electron chi connectivity index (χ4n) is 7.07. The summed E-state index contributed by atoms with van der Waals surface area (Å²) in [5.41, 5.74) is 14.9. The summed E-state index contributed by atoms with van der Waals surface area (Å²) in [6.07, 6.45) is 8.34. The number of aromatic amines is 2. The van der Waals surface area contributed by atoms with Gasteiger partial charge in [-0.15, -0.1) is 0 Å². The van der Waals surface area contributed by atoms with Gasteiger partial charge in [0.15, 0.2) is 11.5 Å². The molecule has 8 bridgehead atoms. The van der Waals surface area contributed by atoms with Gasteiger partial charge in [0.2, 0.25) is 0 Å². The number of aromatic hydroxyl groups is 1. The molecule has 0 fully saturated rings. The Bertz CT molecular complexity index is 2630. The van der Waals surface area contributed by atoms with E-state index in [0.29, 0.717) is 5.75 Å². The van der Waals surface area contributed by atoms with Crippen LogP contribution in [0.4, 0.5) is 0 Å². The van der Waals surface area contributed by atoms with E-state index in [9.17, 15) is 5.11 Å². The Hall–Kier alpha value is -6.92. The standard InChI is InChI=1S/C45H32N4O2/c1-51-41-27-31(17-26-40(41)50)45-38-24-22-36(48-38)43(29-13-7-3-8-14-29)34-20-18-32(46-34)42(28-11-5-2-6-12-28)33-19-21-35(47-33)44(30-15-9-4-10-16-30)37-23-25-39(45)49-37/h2-27,46,49-50H,1H3. The van der Waals surface area contributed by atoms with E-state index >= 15 is 0 Å². The van der Waals surface area contributed by atoms with Gasteiger partial charge in [0, 0.05) is 44.3 Å². The van der Waals surface area contributed by atoms with Crippen molar-refractivity contribution in [3.05, 3.63) is 156 Å². The SMILES string of the molecule is COc1cc(-c2c3nc(c(-c4ccccc4)c4ccc([nH]4)c(-c4ccccc4)c4nc(c(-c5ccccc5)c5ccc2[nH]5)C=C4)C=C3)ccc1O. The Kier molecular flexibility index (Phi) is 7.40. The summed E-state index contributed by atoms with van der Waals surface area (Å²) in [5.74, 6) is 0.460. The molecule has 0 aliphatic carbocycles. The Balaban J connectivity index is 1.48. The number of phenolic OH excluding ortho intramolecular Hbond substituents is 1. The minimum Gasteiger partial charge on any atom is -0.504 e. The number of rotatable bonds is 5. The molecule has 3 N–H and O–H groups in total. The Morgan fingerprint density at radius 2 is 0.784 bits per heavy atom. The zero-order valence-corrected chi connectivity index (χ0v) is 27.8. The molecule has 0 atom stereocenters. The van der Waals surface area contributed by atoms with Crippen LogP contribution in [-0.2, 0) is 0 Å². The number of methoxy groups -OCH3 is 1. The van der Waals surface area contributed by atoms with Gasteiger partial charge in [-0.05, 0) is 83.0 Å². The monoisotopic (exact) mass is 660 g/mol. The van der Waals surface area contributed by atoms with Crippen LogP contribution in [-0.4, -0.2) is 32.2 Å². The van der Waals surface area contributed by atoms with Gasteiger partial charge in [0.05, 0.1) is 29.9 Å². The summed E-state index contributed by atoms with van der Waals surface area (Å²) < 4.78 is 5.55. The number of nitrogens with zero attached hydrogens (tertiary/aromatic N) is 2. The van der Waals surface area contributed by atoms with Crippen molar-refractivity contribution in [2.24, 2.45) is 0 Å². The highest BCUT2D eigenvalue weighted by Gasteiger charge is 2.19. The van der Waals surface area contributed by atoms with Crippen LogP contribution in [0, 0.1) is 0 Å². The molecule has 0 unspecified atom stereocenters. The number of hydrogen-bond donors (Lipinski definition) is 3. The fraction of sp³-hybridized carbons (Fsp3) is 0.0222. The van der Waals surface area contributed by atoms with Crippen LogP contribution in [0.15, 0.2) is 133 Å². The van der Waals surface area contributed by atoms with Gasteiger partial charge in [-0.25, -0.2) is 9.97 Å². The first kappa shape index (κ1) is 30.2. The topological polar surface area (TPSA) is 86.8 Å². The smallest absolute Gasteiger partial charge is 0.161 e. The number of H-pyrrole nitrogens is 2. The van der Waals surface area contributed by atoms with Gasteiger partial charge in [-0.1, -0.05) is 97.1 Å². The van der Waals surface area contributed by atoms with Crippen LogP contribution in [0.2, 0.25) is 0 Å². The molecular weight excluding hydrogens is 629 g/mol. The molecule has 0 saturated carbocycles. The highest BCUT2D eigenvalue weighted by atomic mass is 16.5. The second-order valence-corrected chi connectivity index (χ2v) is 12.5. The van der Waals surface area contributed by atoms with Crippen molar-refractivity contribution in [2.75, 3.05) is 7.11 Å². The Morgan fingerprint density at radius 3 is 1.14 bits per heavy atom. The number of aromatic nitrogens is 4. The summed E-state index contributed by atoms with van der Waals surface area (Å²) in [4.78, 5) is 18.2. The molecule has 4 aromatic carbocycles. The van der Waals surface area contributed by atoms with Crippen molar-refractivity contribution >= 4 is 46.4 Å². The van der Waals surface area contributed by atoms with Crippen LogP contribution in [0.3, 0.4) is 0 Å². The lowest BCUT2D eigenvalue weighted by Gasteiger charge is -2.09. The van der Waals surface area contributed by atoms with Gasteiger partial charge in [-0.3, -0.25) is 0 Å². The van der Waals surface area contributed by atoms with E-state index in [4.69, 9.17) is 14.7 Å². The van der Waals surface area contributed by atoms with E-state index in [-0.39, 0.29) is 5.75 Å². The molecule has 6 nitrogen and oxygen atoms in total. The number of phenols is 1. The van der Waals surface area contributed by atoms with Gasteiger partial charge < -0.3 is 19.8 Å². The molecule has 0 saturated heterocycles. The predicted molar refractivity (Wildman–Crippen MR) is 209 cm³/mol. The van der Waals surface area contributed by atoms with Crippen LogP contribution in [0.25, 0.3) is 90.9 Å². The third kappa shape index (κ3) is 5.40. The minimum atomic E-state index is 0.0742. The average molecular weight is 661 g/mol. The molecule has 0 amide bonds. The summed E-state index contributed by atoms with van der Waals surface area (Å²) in [7, 11) is 1.56. The second-order valence-electron chi connectivity index (χ2n) is 12.5. The van der Waals surface area contributed by atoms with Crippen molar-refractivity contribution in [2.45, 2.75) is 0 Å². The van der Waals surface area contributed by atoms with Gasteiger partial charge >= 0.3 is 0 Å². The van der Waals surface area contributed by atoms with E-state index < -0.39 is 0 Å². The van der Waals surface area contributed by atoms with Crippen molar-refractivity contribution in [3.63, 3.8) is 0 Å². The second kappa shape index (κ2) is 12.5. The molecular formula is C45H32N4O2. The van der Waals surface area contributed by atoms with Gasteiger partial charge in [0.25, 0.3) is 0 Å². The largest absolute Gasteiger partial charge is 0.504 e. The maximum absolute atomic E-state index is 10.5. The van der Waals surface area contributed by atoms with Crippen molar-refractivity contribution in [1.82, 2.24) is 19.9 Å². The lowest BCUT2D eigenvalue weighted by molar-refractivity contribution is 0.373. The molecule has 7 aromatic rings. The maximum atomic E-state index is 10.5. The number of fused-ring (bicyclic) bond motifs is 8. The van der Waals surface area contributed by atoms with Crippen LogP contribution in [0.5, 0.6) is 11.5 Å². The quantitative estimate of drug-likeness (QED) is 0.171. The molecule has 5 heterocycles. The van der Waals surface area contributed by atoms with Crippen LogP contribution in [0.1, 0.15) is 22.8 Å². The number of benzene rings is 4. The summed E-state index contributed by atoms with van der Waals surface area (Å²) in [6, 6.07) is 45.0. The highest BCUT2D eigenvalue weighted by molar-refractivity contribution is 5.99. The van der Waals surface area contributed by atoms with Crippen molar-refractivity contribution in [1.29, 1.82) is 0 Å². The van der Waals surface area contributed by atoms with E-state index in [0.717, 1.165) is 89.4 Å². The molecule has 0 spiro atoms. The van der Waals surface area contributed by atoms with Crippen molar-refractivity contribution < 1.29 is 9.84 Å². The van der Waals surface area contributed by atoms with E-state index in [1.165, 1.54) is 0 Å². The third-order valence-electron chi connectivity index (χ3n) is 9.41. The molecule has 51 heavy (non-hydrogen) atoms. The summed E-state index contributed by atoms with van der Waals surface area (Å²) >= 11 is 0. The minimum absolute atomic E-state index is 0.0742.